The maximum absolute atomic E-state index is 12.1. The highest BCUT2D eigenvalue weighted by Gasteiger charge is 2.12. The summed E-state index contributed by atoms with van der Waals surface area (Å²) in [4.78, 5) is 14.5. The number of hydrogen-bond acceptors (Lipinski definition) is 3. The molecule has 0 bridgehead atoms. The van der Waals surface area contributed by atoms with Gasteiger partial charge in [-0.2, -0.15) is 0 Å². The Bertz CT molecular complexity index is 669. The Morgan fingerprint density at radius 2 is 1.80 bits per heavy atom. The summed E-state index contributed by atoms with van der Waals surface area (Å²) in [6.45, 7) is 8.18. The first-order chi connectivity index (χ1) is 9.66. The summed E-state index contributed by atoms with van der Waals surface area (Å²) in [5.41, 5.74) is 2.31. The van der Waals surface area contributed by atoms with Crippen molar-refractivity contribution >= 4 is 16.6 Å². The van der Waals surface area contributed by atoms with E-state index in [1.54, 1.807) is 6.07 Å². The van der Waals surface area contributed by atoms with Crippen LogP contribution < -0.4 is 15.8 Å². The van der Waals surface area contributed by atoms with Crippen molar-refractivity contribution in [3.8, 4) is 0 Å². The van der Waals surface area contributed by atoms with Crippen molar-refractivity contribution in [2.75, 3.05) is 31.1 Å². The van der Waals surface area contributed by atoms with E-state index in [-0.39, 0.29) is 11.6 Å². The maximum Gasteiger partial charge on any atom is 0.251 e. The second kappa shape index (κ2) is 5.29. The van der Waals surface area contributed by atoms with Crippen LogP contribution in [0.15, 0.2) is 35.1 Å². The molecule has 2 heterocycles. The smallest absolute Gasteiger partial charge is 0.251 e. The predicted octanol–water partition coefficient (Wildman–Crippen LogP) is 1.99. The molecule has 3 rings (SSSR count). The quantitative estimate of drug-likeness (QED) is 0.907. The minimum absolute atomic E-state index is 0.0740. The predicted molar refractivity (Wildman–Crippen MR) is 83.7 cm³/mol. The highest BCUT2D eigenvalue weighted by Crippen LogP contribution is 2.23. The standard InChI is InChI=1S/C16H21N3O/c1-12(2)19-15-11-14(18-9-7-17-8-10-18)5-3-13(15)4-6-16(19)20/h3-6,11-12,17H,7-10H2,1-2H3. The number of rotatable bonds is 2. The lowest BCUT2D eigenvalue weighted by molar-refractivity contribution is 0.587. The molecule has 1 fully saturated rings. The molecule has 0 atom stereocenters. The average molecular weight is 271 g/mol. The van der Waals surface area contributed by atoms with Gasteiger partial charge in [0.1, 0.15) is 0 Å². The molecule has 0 amide bonds. The zero-order chi connectivity index (χ0) is 14.1. The summed E-state index contributed by atoms with van der Waals surface area (Å²) in [7, 11) is 0. The van der Waals surface area contributed by atoms with Gasteiger partial charge < -0.3 is 14.8 Å². The first kappa shape index (κ1) is 13.2. The molecule has 2 aromatic rings. The molecular formula is C16H21N3O. The van der Waals surface area contributed by atoms with E-state index in [9.17, 15) is 4.79 Å². The molecule has 1 aromatic carbocycles. The van der Waals surface area contributed by atoms with E-state index in [4.69, 9.17) is 0 Å². The van der Waals surface area contributed by atoms with Crippen LogP contribution in [0.5, 0.6) is 0 Å². The van der Waals surface area contributed by atoms with Crippen LogP contribution in [-0.4, -0.2) is 30.7 Å². The van der Waals surface area contributed by atoms with Crippen molar-refractivity contribution in [3.63, 3.8) is 0 Å². The molecule has 1 N–H and O–H groups in total. The van der Waals surface area contributed by atoms with Gasteiger partial charge in [-0.05, 0) is 37.4 Å². The fraction of sp³-hybridized carbons (Fsp3) is 0.438. The number of fused-ring (bicyclic) bond motifs is 1. The zero-order valence-corrected chi connectivity index (χ0v) is 12.1. The summed E-state index contributed by atoms with van der Waals surface area (Å²) >= 11 is 0. The van der Waals surface area contributed by atoms with Crippen LogP contribution in [0.3, 0.4) is 0 Å². The number of hydrogen-bond donors (Lipinski definition) is 1. The number of benzene rings is 1. The molecule has 1 aromatic heterocycles. The first-order valence-corrected chi connectivity index (χ1v) is 7.28. The zero-order valence-electron chi connectivity index (χ0n) is 12.1. The Morgan fingerprint density at radius 3 is 2.50 bits per heavy atom. The van der Waals surface area contributed by atoms with Crippen LogP contribution in [0.1, 0.15) is 19.9 Å². The lowest BCUT2D eigenvalue weighted by Crippen LogP contribution is -2.43. The third kappa shape index (κ3) is 2.31. The SMILES string of the molecule is CC(C)n1c(=O)ccc2ccc(N3CCNCC3)cc21. The Hall–Kier alpha value is -1.81. The molecule has 1 aliphatic rings. The summed E-state index contributed by atoms with van der Waals surface area (Å²) in [6.07, 6.45) is 0. The molecule has 0 spiro atoms. The van der Waals surface area contributed by atoms with E-state index in [1.807, 2.05) is 10.6 Å². The molecule has 0 saturated carbocycles. The van der Waals surface area contributed by atoms with Gasteiger partial charge in [0, 0.05) is 44.0 Å². The van der Waals surface area contributed by atoms with Gasteiger partial charge in [-0.1, -0.05) is 6.07 Å². The lowest BCUT2D eigenvalue weighted by atomic mass is 10.1. The number of anilines is 1. The number of piperazine rings is 1. The molecular weight excluding hydrogens is 250 g/mol. The molecule has 0 unspecified atom stereocenters. The monoisotopic (exact) mass is 271 g/mol. The van der Waals surface area contributed by atoms with Crippen molar-refractivity contribution in [3.05, 3.63) is 40.7 Å². The van der Waals surface area contributed by atoms with E-state index >= 15 is 0 Å². The van der Waals surface area contributed by atoms with Gasteiger partial charge in [-0.3, -0.25) is 4.79 Å². The van der Waals surface area contributed by atoms with E-state index in [0.29, 0.717) is 0 Å². The topological polar surface area (TPSA) is 37.3 Å². The fourth-order valence-electron chi connectivity index (χ4n) is 2.89. The van der Waals surface area contributed by atoms with Crippen LogP contribution in [-0.2, 0) is 0 Å². The van der Waals surface area contributed by atoms with E-state index in [0.717, 1.165) is 37.1 Å². The van der Waals surface area contributed by atoms with Crippen molar-refractivity contribution in [2.24, 2.45) is 0 Å². The van der Waals surface area contributed by atoms with Crippen molar-refractivity contribution in [2.45, 2.75) is 19.9 Å². The van der Waals surface area contributed by atoms with Crippen LogP contribution in [0.2, 0.25) is 0 Å². The van der Waals surface area contributed by atoms with Gasteiger partial charge in [0.25, 0.3) is 5.56 Å². The molecule has 1 aliphatic heterocycles. The molecule has 0 radical (unpaired) electrons. The highest BCUT2D eigenvalue weighted by atomic mass is 16.1. The molecule has 0 aliphatic carbocycles. The molecule has 106 valence electrons. The number of nitrogens with zero attached hydrogens (tertiary/aromatic N) is 2. The van der Waals surface area contributed by atoms with E-state index in [1.165, 1.54) is 5.69 Å². The van der Waals surface area contributed by atoms with Crippen LogP contribution in [0.4, 0.5) is 5.69 Å². The van der Waals surface area contributed by atoms with Gasteiger partial charge in [-0.25, -0.2) is 0 Å². The minimum Gasteiger partial charge on any atom is -0.369 e. The van der Waals surface area contributed by atoms with Gasteiger partial charge in [0.2, 0.25) is 0 Å². The van der Waals surface area contributed by atoms with Gasteiger partial charge in [-0.15, -0.1) is 0 Å². The Labute approximate surface area is 119 Å². The van der Waals surface area contributed by atoms with Gasteiger partial charge >= 0.3 is 0 Å². The van der Waals surface area contributed by atoms with Gasteiger partial charge in [0.15, 0.2) is 0 Å². The molecule has 1 saturated heterocycles. The first-order valence-electron chi connectivity index (χ1n) is 7.28. The summed E-state index contributed by atoms with van der Waals surface area (Å²) in [6, 6.07) is 10.2. The summed E-state index contributed by atoms with van der Waals surface area (Å²) in [5, 5.41) is 4.49. The second-order valence-electron chi connectivity index (χ2n) is 5.62. The van der Waals surface area contributed by atoms with Gasteiger partial charge in [0.05, 0.1) is 5.52 Å². The number of nitrogens with one attached hydrogen (secondary N) is 1. The third-order valence-corrected chi connectivity index (χ3v) is 3.91. The largest absolute Gasteiger partial charge is 0.369 e. The lowest BCUT2D eigenvalue weighted by Gasteiger charge is -2.30. The Kier molecular flexibility index (Phi) is 3.49. The molecule has 20 heavy (non-hydrogen) atoms. The maximum atomic E-state index is 12.1. The normalized spacial score (nSPS) is 16.1. The highest BCUT2D eigenvalue weighted by molar-refractivity contribution is 5.83. The average Bonchev–Trinajstić information content (AvgIpc) is 2.47. The Morgan fingerprint density at radius 1 is 1.10 bits per heavy atom. The van der Waals surface area contributed by atoms with Crippen molar-refractivity contribution < 1.29 is 0 Å². The summed E-state index contributed by atoms with van der Waals surface area (Å²) in [5.74, 6) is 0. The third-order valence-electron chi connectivity index (χ3n) is 3.91. The van der Waals surface area contributed by atoms with E-state index < -0.39 is 0 Å². The summed E-state index contributed by atoms with van der Waals surface area (Å²) < 4.78 is 1.88. The fourth-order valence-corrected chi connectivity index (χ4v) is 2.89. The van der Waals surface area contributed by atoms with Crippen molar-refractivity contribution in [1.82, 2.24) is 9.88 Å². The van der Waals surface area contributed by atoms with E-state index in [2.05, 4.69) is 42.3 Å². The Balaban J connectivity index is 2.13. The van der Waals surface area contributed by atoms with Crippen LogP contribution >= 0.6 is 0 Å². The minimum atomic E-state index is 0.0740. The van der Waals surface area contributed by atoms with Crippen molar-refractivity contribution in [1.29, 1.82) is 0 Å². The number of pyridine rings is 1. The van der Waals surface area contributed by atoms with Crippen LogP contribution in [0, 0.1) is 0 Å². The second-order valence-corrected chi connectivity index (χ2v) is 5.62. The molecule has 4 nitrogen and oxygen atoms in total. The van der Waals surface area contributed by atoms with Crippen LogP contribution in [0.25, 0.3) is 10.9 Å². The molecule has 4 heteroatoms. The number of aromatic nitrogens is 1.